The second kappa shape index (κ2) is 31.6. The van der Waals surface area contributed by atoms with Crippen molar-refractivity contribution in [2.24, 2.45) is 5.92 Å². The Labute approximate surface area is 234 Å². The lowest BCUT2D eigenvalue weighted by atomic mass is 10.2. The van der Waals surface area contributed by atoms with Crippen LogP contribution in [-0.2, 0) is 0 Å². The zero-order valence-corrected chi connectivity index (χ0v) is 25.3. The first-order valence-corrected chi connectivity index (χ1v) is 13.8. The molecule has 1 aromatic carbocycles. The fourth-order valence-electron chi connectivity index (χ4n) is 1.83. The van der Waals surface area contributed by atoms with Crippen LogP contribution in [0.15, 0.2) is 62.6 Å². The molecule has 0 N–H and O–H groups in total. The van der Waals surface area contributed by atoms with Crippen molar-refractivity contribution in [3.8, 4) is 0 Å². The maximum absolute atomic E-state index is 5.52. The average Bonchev–Trinajstić information content (AvgIpc) is 3.66. The summed E-state index contributed by atoms with van der Waals surface area (Å²) in [5, 5.41) is 1.93. The predicted molar refractivity (Wildman–Crippen MR) is 169 cm³/mol. The van der Waals surface area contributed by atoms with Crippen molar-refractivity contribution >= 4 is 22.4 Å². The van der Waals surface area contributed by atoms with Crippen LogP contribution in [-0.4, -0.2) is 15.0 Å². The molecule has 0 saturated carbocycles. The summed E-state index contributed by atoms with van der Waals surface area (Å²) in [4.78, 5) is 12.0. The number of oxazole rings is 2. The van der Waals surface area contributed by atoms with Crippen molar-refractivity contribution in [2.75, 3.05) is 0 Å². The van der Waals surface area contributed by atoms with Gasteiger partial charge in [-0.15, -0.1) is 11.3 Å². The summed E-state index contributed by atoms with van der Waals surface area (Å²) in [6, 6.07) is 7.82. The van der Waals surface area contributed by atoms with Crippen LogP contribution in [0.2, 0.25) is 0 Å². The molecular weight excluding hydrogens is 478 g/mol. The largest absolute Gasteiger partial charge is 0.449 e. The molecule has 6 heteroatoms. The van der Waals surface area contributed by atoms with E-state index in [1.54, 1.807) is 35.5 Å². The second-order valence-electron chi connectivity index (χ2n) is 7.61. The Morgan fingerprint density at radius 1 is 0.730 bits per heavy atom. The minimum Gasteiger partial charge on any atom is -0.449 e. The van der Waals surface area contributed by atoms with Crippen LogP contribution in [0, 0.1) is 5.92 Å². The summed E-state index contributed by atoms with van der Waals surface area (Å²) in [6.07, 6.45) is 5.02. The van der Waals surface area contributed by atoms with Gasteiger partial charge in [-0.3, -0.25) is 4.98 Å². The molecule has 0 unspecified atom stereocenters. The van der Waals surface area contributed by atoms with E-state index in [1.165, 1.54) is 0 Å². The van der Waals surface area contributed by atoms with Crippen molar-refractivity contribution in [1.82, 2.24) is 15.0 Å². The molecule has 5 nitrogen and oxygen atoms in total. The molecule has 3 heterocycles. The van der Waals surface area contributed by atoms with Gasteiger partial charge in [0.1, 0.15) is 11.8 Å². The summed E-state index contributed by atoms with van der Waals surface area (Å²) in [5.74, 6) is 3.23. The van der Waals surface area contributed by atoms with E-state index < -0.39 is 0 Å². The molecule has 0 atom stereocenters. The molecular formula is C31H59N3O2S. The number of thiazole rings is 1. The fraction of sp³-hybridized carbons (Fsp3) is 0.581. The molecule has 0 aliphatic rings. The molecule has 216 valence electrons. The van der Waals surface area contributed by atoms with Crippen LogP contribution >= 0.6 is 11.3 Å². The standard InChI is InChI=1S/C10H11NO.C6H9NO.C4H10.C3H3NS.3C2H6.2CH4/c1-7(2)10-11-8-5-3-4-6-9(8)12-10;1-5(2)6-7-3-4-8-6;1-4(2)3;1-2-5-3-4-1;3*1-2;;/h3-7H,1-2H3;3-5H,1-2H3;4H,1-3H3;1-3H;3*1-2H3;2*1H4. The minimum atomic E-state index is 0. The molecule has 0 aliphatic heterocycles. The number of fused-ring (bicyclic) bond motifs is 1. The molecule has 37 heavy (non-hydrogen) atoms. The maximum Gasteiger partial charge on any atom is 0.198 e. The maximum atomic E-state index is 5.52. The van der Waals surface area contributed by atoms with Crippen molar-refractivity contribution in [3.63, 3.8) is 0 Å². The van der Waals surface area contributed by atoms with Crippen molar-refractivity contribution in [2.45, 2.75) is 117 Å². The summed E-state index contributed by atoms with van der Waals surface area (Å²) in [7, 11) is 0. The Morgan fingerprint density at radius 2 is 1.24 bits per heavy atom. The average molecular weight is 538 g/mol. The molecule has 0 fully saturated rings. The molecule has 0 spiro atoms. The van der Waals surface area contributed by atoms with Crippen molar-refractivity contribution in [1.29, 1.82) is 0 Å². The number of nitrogens with zero attached hydrogens (tertiary/aromatic N) is 3. The van der Waals surface area contributed by atoms with Crippen LogP contribution < -0.4 is 0 Å². The SMILES string of the molecule is C.C.CC.CC.CC.CC(C)C.CC(C)c1nc2ccccc2o1.CC(C)c1ncco1.c1cscn1. The van der Waals surface area contributed by atoms with Gasteiger partial charge >= 0.3 is 0 Å². The number of benzene rings is 1. The summed E-state index contributed by atoms with van der Waals surface area (Å²) < 4.78 is 10.5. The first-order valence-electron chi connectivity index (χ1n) is 12.9. The van der Waals surface area contributed by atoms with Crippen LogP contribution in [0.3, 0.4) is 0 Å². The van der Waals surface area contributed by atoms with Crippen LogP contribution in [0.25, 0.3) is 11.1 Å². The highest BCUT2D eigenvalue weighted by molar-refractivity contribution is 7.07. The lowest BCUT2D eigenvalue weighted by Crippen LogP contribution is -1.84. The van der Waals surface area contributed by atoms with E-state index in [0.29, 0.717) is 11.8 Å². The van der Waals surface area contributed by atoms with Gasteiger partial charge in [-0.25, -0.2) is 9.97 Å². The third-order valence-electron chi connectivity index (χ3n) is 3.10. The molecule has 0 amide bonds. The predicted octanol–water partition coefficient (Wildman–Crippen LogP) is 11.9. The van der Waals surface area contributed by atoms with E-state index in [-0.39, 0.29) is 14.9 Å². The van der Waals surface area contributed by atoms with E-state index in [4.69, 9.17) is 8.83 Å². The van der Waals surface area contributed by atoms with Gasteiger partial charge in [-0.05, 0) is 18.1 Å². The van der Waals surface area contributed by atoms with Crippen LogP contribution in [0.4, 0.5) is 0 Å². The van der Waals surface area contributed by atoms with E-state index in [2.05, 4.69) is 49.6 Å². The molecule has 3 aromatic heterocycles. The normalized spacial score (nSPS) is 8.43. The zero-order valence-electron chi connectivity index (χ0n) is 24.5. The van der Waals surface area contributed by atoms with Gasteiger partial charge in [0.25, 0.3) is 0 Å². The van der Waals surface area contributed by atoms with Crippen molar-refractivity contribution in [3.05, 3.63) is 65.6 Å². The molecule has 4 rings (SSSR count). The molecule has 0 bridgehead atoms. The minimum absolute atomic E-state index is 0. The van der Waals surface area contributed by atoms with E-state index in [9.17, 15) is 0 Å². The van der Waals surface area contributed by atoms with Gasteiger partial charge in [0.2, 0.25) is 0 Å². The van der Waals surface area contributed by atoms with Gasteiger partial charge in [-0.2, -0.15) is 0 Å². The lowest BCUT2D eigenvalue weighted by molar-refractivity contribution is 0.471. The summed E-state index contributed by atoms with van der Waals surface area (Å²) in [6.45, 7) is 26.7. The Kier molecular flexibility index (Phi) is 38.0. The number of aromatic nitrogens is 3. The third-order valence-corrected chi connectivity index (χ3v) is 3.62. The van der Waals surface area contributed by atoms with Gasteiger partial charge < -0.3 is 8.83 Å². The van der Waals surface area contributed by atoms with Crippen molar-refractivity contribution < 1.29 is 8.83 Å². The van der Waals surface area contributed by atoms with Crippen LogP contribution in [0.5, 0.6) is 0 Å². The highest BCUT2D eigenvalue weighted by Crippen LogP contribution is 2.20. The Bertz CT molecular complexity index is 816. The fourth-order valence-corrected chi connectivity index (χ4v) is 2.18. The molecule has 0 aliphatic carbocycles. The number of rotatable bonds is 2. The second-order valence-corrected chi connectivity index (χ2v) is 8.36. The van der Waals surface area contributed by atoms with E-state index in [0.717, 1.165) is 28.8 Å². The number of para-hydroxylation sites is 2. The Balaban J connectivity index is -0.000000120. The van der Waals surface area contributed by atoms with E-state index in [1.807, 2.05) is 85.0 Å². The van der Waals surface area contributed by atoms with Gasteiger partial charge in [0.15, 0.2) is 17.4 Å². The smallest absolute Gasteiger partial charge is 0.198 e. The Morgan fingerprint density at radius 3 is 1.54 bits per heavy atom. The van der Waals surface area contributed by atoms with E-state index >= 15 is 0 Å². The molecule has 0 saturated heterocycles. The van der Waals surface area contributed by atoms with Gasteiger partial charge in [-0.1, -0.05) is 117 Å². The summed E-state index contributed by atoms with van der Waals surface area (Å²) in [5.41, 5.74) is 3.61. The number of hydrogen-bond donors (Lipinski definition) is 0. The third kappa shape index (κ3) is 25.0. The van der Waals surface area contributed by atoms with Gasteiger partial charge in [0.05, 0.1) is 11.7 Å². The quantitative estimate of drug-likeness (QED) is 0.254. The monoisotopic (exact) mass is 537 g/mol. The molecule has 0 radical (unpaired) electrons. The zero-order chi connectivity index (χ0) is 27.6. The highest BCUT2D eigenvalue weighted by Gasteiger charge is 2.07. The highest BCUT2D eigenvalue weighted by atomic mass is 32.1. The first kappa shape index (κ1) is 44.5. The lowest BCUT2D eigenvalue weighted by Gasteiger charge is -1.93. The number of hydrogen-bond acceptors (Lipinski definition) is 6. The Hall–Kier alpha value is -2.47. The first-order chi connectivity index (χ1) is 16.8. The summed E-state index contributed by atoms with van der Waals surface area (Å²) >= 11 is 1.60. The van der Waals surface area contributed by atoms with Crippen LogP contribution in [0.1, 0.15) is 128 Å². The van der Waals surface area contributed by atoms with Gasteiger partial charge in [0, 0.05) is 23.4 Å². The molecule has 4 aromatic rings. The topological polar surface area (TPSA) is 65.0 Å².